The average molecular weight is 529 g/mol. The summed E-state index contributed by atoms with van der Waals surface area (Å²) in [6, 6.07) is 14.0. The summed E-state index contributed by atoms with van der Waals surface area (Å²) in [6.07, 6.45) is 2.18. The Labute approximate surface area is 231 Å². The number of hydrogen-bond acceptors (Lipinski definition) is 3. The number of rotatable bonds is 10. The van der Waals surface area contributed by atoms with Crippen LogP contribution < -0.4 is 5.32 Å². The molecule has 0 saturated carbocycles. The minimum absolute atomic E-state index is 0.0795. The number of carbonyl (C=O) groups excluding carboxylic acids is 1. The summed E-state index contributed by atoms with van der Waals surface area (Å²) in [4.78, 5) is 24.3. The molecule has 0 aliphatic carbocycles. The van der Waals surface area contributed by atoms with Gasteiger partial charge in [-0.3, -0.25) is 4.79 Å². The van der Waals surface area contributed by atoms with Crippen molar-refractivity contribution in [3.63, 3.8) is 0 Å². The quantitative estimate of drug-likeness (QED) is 0.216. The number of fused-ring (bicyclic) bond motifs is 1. The summed E-state index contributed by atoms with van der Waals surface area (Å²) in [7, 11) is 0. The van der Waals surface area contributed by atoms with Crippen molar-refractivity contribution in [2.75, 3.05) is 0 Å². The number of carbonyl (C=O) groups is 2. The number of nitrogens with one attached hydrogen (secondary N) is 1. The number of aryl methyl sites for hydroxylation is 1. The second-order valence-electron chi connectivity index (χ2n) is 11.1. The van der Waals surface area contributed by atoms with Crippen LogP contribution in [0.4, 0.5) is 0 Å². The zero-order valence-electron chi connectivity index (χ0n) is 24.1. The van der Waals surface area contributed by atoms with Crippen molar-refractivity contribution in [2.45, 2.75) is 72.6 Å². The van der Waals surface area contributed by atoms with E-state index in [9.17, 15) is 9.59 Å². The third kappa shape index (κ3) is 6.88. The highest BCUT2D eigenvalue weighted by atomic mass is 16.5. The molecule has 3 rings (SSSR count). The van der Waals surface area contributed by atoms with Crippen LogP contribution in [0.25, 0.3) is 10.9 Å². The Hall–Kier alpha value is -4.06. The summed E-state index contributed by atoms with van der Waals surface area (Å²) in [5.41, 5.74) is 6.86. The molecule has 2 atom stereocenters. The predicted octanol–water partition coefficient (Wildman–Crippen LogP) is 7.16. The van der Waals surface area contributed by atoms with E-state index < -0.39 is 12.1 Å². The molecule has 1 aromatic heterocycles. The number of hydrogen-bond donors (Lipinski definition) is 2. The Morgan fingerprint density at radius 1 is 1.10 bits per heavy atom. The number of carboxylic acids is 1. The fourth-order valence-corrected chi connectivity index (χ4v) is 4.48. The molecule has 6 heteroatoms. The molecule has 1 heterocycles. The van der Waals surface area contributed by atoms with Gasteiger partial charge in [0.1, 0.15) is 5.76 Å². The van der Waals surface area contributed by atoms with E-state index >= 15 is 0 Å². The molecule has 2 N–H and O–H groups in total. The van der Waals surface area contributed by atoms with Crippen molar-refractivity contribution in [1.82, 2.24) is 9.88 Å². The van der Waals surface area contributed by atoms with E-state index in [1.807, 2.05) is 39.0 Å². The van der Waals surface area contributed by atoms with Crippen molar-refractivity contribution in [2.24, 2.45) is 0 Å². The van der Waals surface area contributed by atoms with E-state index in [-0.39, 0.29) is 17.4 Å². The van der Waals surface area contributed by atoms with E-state index in [0.717, 1.165) is 33.3 Å². The number of benzene rings is 2. The molecule has 0 radical (unpaired) electrons. The van der Waals surface area contributed by atoms with Crippen molar-refractivity contribution >= 4 is 22.8 Å². The second-order valence-corrected chi connectivity index (χ2v) is 11.1. The molecule has 0 bridgehead atoms. The highest BCUT2D eigenvalue weighted by Gasteiger charge is 2.18. The van der Waals surface area contributed by atoms with Crippen LogP contribution in [0, 0.1) is 13.8 Å². The first-order valence-corrected chi connectivity index (χ1v) is 13.1. The maximum absolute atomic E-state index is 13.2. The number of allylic oxidation sites excluding steroid dienone is 3. The fraction of sp³-hybridized carbons (Fsp3) is 0.333. The van der Waals surface area contributed by atoms with Crippen LogP contribution in [-0.2, 0) is 21.5 Å². The molecule has 3 aromatic rings. The number of carboxylic acid groups (broad SMARTS) is 1. The van der Waals surface area contributed by atoms with E-state index in [1.165, 1.54) is 18.6 Å². The average Bonchev–Trinajstić information content (AvgIpc) is 3.11. The highest BCUT2D eigenvalue weighted by molar-refractivity contribution is 5.99. The molecule has 0 aliphatic rings. The third-order valence-electron chi connectivity index (χ3n) is 7.09. The molecule has 0 fully saturated rings. The first kappa shape index (κ1) is 29.5. The van der Waals surface area contributed by atoms with Crippen LogP contribution in [0.2, 0.25) is 0 Å². The van der Waals surface area contributed by atoms with Gasteiger partial charge in [-0.2, -0.15) is 0 Å². The van der Waals surface area contributed by atoms with Gasteiger partial charge in [0, 0.05) is 28.7 Å². The van der Waals surface area contributed by atoms with Crippen LogP contribution in [0.1, 0.15) is 73.4 Å². The van der Waals surface area contributed by atoms with Crippen LogP contribution in [-0.4, -0.2) is 27.7 Å². The summed E-state index contributed by atoms with van der Waals surface area (Å²) < 4.78 is 7.58. The molecule has 2 unspecified atom stereocenters. The summed E-state index contributed by atoms with van der Waals surface area (Å²) in [5, 5.41) is 13.2. The van der Waals surface area contributed by atoms with Gasteiger partial charge >= 0.3 is 5.97 Å². The Balaban J connectivity index is 1.80. The van der Waals surface area contributed by atoms with Crippen LogP contribution >= 0.6 is 0 Å². The van der Waals surface area contributed by atoms with Crippen molar-refractivity contribution in [3.8, 4) is 0 Å². The van der Waals surface area contributed by atoms with E-state index in [4.69, 9.17) is 9.84 Å². The van der Waals surface area contributed by atoms with E-state index in [1.54, 1.807) is 6.08 Å². The smallest absolute Gasteiger partial charge is 0.344 e. The number of amides is 1. The van der Waals surface area contributed by atoms with Crippen molar-refractivity contribution < 1.29 is 19.4 Å². The summed E-state index contributed by atoms with van der Waals surface area (Å²) in [5.74, 6) is -0.826. The summed E-state index contributed by atoms with van der Waals surface area (Å²) in [6.45, 7) is 22.4. The summed E-state index contributed by atoms with van der Waals surface area (Å²) >= 11 is 0. The lowest BCUT2D eigenvalue weighted by atomic mass is 9.86. The molecule has 0 spiro atoms. The molecule has 39 heavy (non-hydrogen) atoms. The number of aromatic nitrogens is 1. The highest BCUT2D eigenvalue weighted by Crippen LogP contribution is 2.28. The monoisotopic (exact) mass is 528 g/mol. The maximum Gasteiger partial charge on any atom is 0.344 e. The van der Waals surface area contributed by atoms with Gasteiger partial charge in [-0.05, 0) is 85.7 Å². The second kappa shape index (κ2) is 11.8. The molecule has 2 aromatic carbocycles. The SMILES string of the molecule is C=CC(=CC(=C)Cn1c(C)c(C)c2cc(C(=O)NC(C)c3ccc(C(C)(C)C)cc3)ccc21)OC(C)C(=O)O. The molecule has 1 amide bonds. The Bertz CT molecular complexity index is 1440. The molecular weight excluding hydrogens is 488 g/mol. The van der Waals surface area contributed by atoms with Crippen LogP contribution in [0.5, 0.6) is 0 Å². The lowest BCUT2D eigenvalue weighted by Crippen LogP contribution is -2.26. The molecular formula is C33H40N2O4. The Morgan fingerprint density at radius 2 is 1.74 bits per heavy atom. The van der Waals surface area contributed by atoms with Gasteiger partial charge in [0.05, 0.1) is 6.04 Å². The van der Waals surface area contributed by atoms with E-state index in [2.05, 4.69) is 68.1 Å². The minimum atomic E-state index is -1.05. The fourth-order valence-electron chi connectivity index (χ4n) is 4.48. The Morgan fingerprint density at radius 3 is 2.31 bits per heavy atom. The minimum Gasteiger partial charge on any atom is -0.479 e. The van der Waals surface area contributed by atoms with Crippen LogP contribution in [0.3, 0.4) is 0 Å². The largest absolute Gasteiger partial charge is 0.479 e. The zero-order valence-corrected chi connectivity index (χ0v) is 24.1. The Kier molecular flexibility index (Phi) is 8.90. The van der Waals surface area contributed by atoms with E-state index in [0.29, 0.717) is 17.9 Å². The lowest BCUT2D eigenvalue weighted by Gasteiger charge is -2.21. The predicted molar refractivity (Wildman–Crippen MR) is 158 cm³/mol. The molecule has 6 nitrogen and oxygen atoms in total. The van der Waals surface area contributed by atoms with Gasteiger partial charge in [-0.15, -0.1) is 0 Å². The zero-order chi connectivity index (χ0) is 29.1. The van der Waals surface area contributed by atoms with Gasteiger partial charge in [-0.1, -0.05) is 58.2 Å². The van der Waals surface area contributed by atoms with Gasteiger partial charge < -0.3 is 19.7 Å². The van der Waals surface area contributed by atoms with Gasteiger partial charge in [0.15, 0.2) is 6.10 Å². The molecule has 0 saturated heterocycles. The van der Waals surface area contributed by atoms with Gasteiger partial charge in [0.2, 0.25) is 0 Å². The third-order valence-corrected chi connectivity index (χ3v) is 7.09. The van der Waals surface area contributed by atoms with Gasteiger partial charge in [0.25, 0.3) is 5.91 Å². The topological polar surface area (TPSA) is 80.6 Å². The normalized spacial score (nSPS) is 13.6. The first-order valence-electron chi connectivity index (χ1n) is 13.1. The van der Waals surface area contributed by atoms with Gasteiger partial charge in [-0.25, -0.2) is 4.79 Å². The maximum atomic E-state index is 13.2. The number of ether oxygens (including phenoxy) is 1. The standard InChI is InChI=1S/C33H40N2O4/c1-10-28(39-24(6)32(37)38)17-20(2)19-35-23(5)21(3)29-18-26(13-16-30(29)35)31(36)34-22(4)25-11-14-27(15-12-25)33(7,8)9/h10-18,22,24H,1-2,19H2,3-9H3,(H,34,36)(H,37,38). The van der Waals surface area contributed by atoms with Crippen molar-refractivity contribution in [3.05, 3.63) is 107 Å². The number of nitrogens with zero attached hydrogens (tertiary/aromatic N) is 1. The van der Waals surface area contributed by atoms with Crippen LogP contribution in [0.15, 0.2) is 79.1 Å². The van der Waals surface area contributed by atoms with Crippen molar-refractivity contribution in [1.29, 1.82) is 0 Å². The first-order chi connectivity index (χ1) is 18.2. The molecule has 0 aliphatic heterocycles. The molecule has 206 valence electrons. The number of aliphatic carboxylic acids is 1. The lowest BCUT2D eigenvalue weighted by molar-refractivity contribution is -0.146.